The summed E-state index contributed by atoms with van der Waals surface area (Å²) in [6.45, 7) is 6.49. The summed E-state index contributed by atoms with van der Waals surface area (Å²) in [5.74, 6) is -0.946. The minimum absolute atomic E-state index is 0.0964. The van der Waals surface area contributed by atoms with E-state index in [9.17, 15) is 14.4 Å². The molecule has 0 aromatic carbocycles. The molecule has 0 bridgehead atoms. The zero-order valence-electron chi connectivity index (χ0n) is 49.7. The highest BCUT2D eigenvalue weighted by Gasteiger charge is 2.19. The highest BCUT2D eigenvalue weighted by atomic mass is 16.6. The van der Waals surface area contributed by atoms with Crippen LogP contribution in [-0.4, -0.2) is 37.2 Å². The summed E-state index contributed by atoms with van der Waals surface area (Å²) in [5, 5.41) is 0. The fourth-order valence-electron chi connectivity index (χ4n) is 8.75. The molecule has 0 aliphatic heterocycles. The Morgan fingerprint density at radius 2 is 0.513 bits per heavy atom. The molecule has 0 aromatic rings. The Hall–Kier alpha value is -3.93. The Labute approximate surface area is 470 Å². The molecule has 0 aromatic heterocycles. The molecule has 0 aliphatic carbocycles. The number of rotatable bonds is 57. The molecular weight excluding hydrogens is 937 g/mol. The lowest BCUT2D eigenvalue weighted by atomic mass is 10.0. The molecule has 0 rings (SSSR count). The zero-order chi connectivity index (χ0) is 55.0. The molecule has 0 aliphatic rings. The van der Waals surface area contributed by atoms with Crippen LogP contribution in [0.25, 0.3) is 0 Å². The molecule has 0 saturated carbocycles. The zero-order valence-corrected chi connectivity index (χ0v) is 49.7. The van der Waals surface area contributed by atoms with Gasteiger partial charge < -0.3 is 14.2 Å². The first-order chi connectivity index (χ1) is 37.5. The first kappa shape index (κ1) is 72.1. The van der Waals surface area contributed by atoms with E-state index in [-0.39, 0.29) is 31.1 Å². The summed E-state index contributed by atoms with van der Waals surface area (Å²) >= 11 is 0. The maximum atomic E-state index is 12.9. The molecule has 0 heterocycles. The van der Waals surface area contributed by atoms with Crippen LogP contribution in [0.5, 0.6) is 0 Å². The number of unbranched alkanes of at least 4 members (excludes halogenated alkanes) is 28. The van der Waals surface area contributed by atoms with Crippen LogP contribution < -0.4 is 0 Å². The van der Waals surface area contributed by atoms with Crippen LogP contribution in [0, 0.1) is 0 Å². The normalized spacial score (nSPS) is 12.8. The lowest BCUT2D eigenvalue weighted by Crippen LogP contribution is -2.30. The SMILES string of the molecule is CC/C=C\C/C=C\C/C=C\C/C=C\C/C=C\C/C=C\CCCCC(=O)OCC(COC(=O)CCCCCCCCCCCCCCCCCC)OC(=O)CCCCCCCC/C=C\C/C=C\C/C=C\CCCCCCC. The lowest BCUT2D eigenvalue weighted by molar-refractivity contribution is -0.167. The lowest BCUT2D eigenvalue weighted by Gasteiger charge is -2.18. The van der Waals surface area contributed by atoms with Gasteiger partial charge in [0.2, 0.25) is 0 Å². The van der Waals surface area contributed by atoms with E-state index in [4.69, 9.17) is 14.2 Å². The molecule has 0 amide bonds. The highest BCUT2D eigenvalue weighted by molar-refractivity contribution is 5.71. The van der Waals surface area contributed by atoms with E-state index in [0.717, 1.165) is 122 Å². The van der Waals surface area contributed by atoms with E-state index in [1.165, 1.54) is 135 Å². The summed E-state index contributed by atoms with van der Waals surface area (Å²) in [4.78, 5) is 38.3. The molecule has 0 fully saturated rings. The number of allylic oxidation sites excluding steroid dienone is 18. The van der Waals surface area contributed by atoms with Gasteiger partial charge in [-0.25, -0.2) is 0 Å². The Morgan fingerprint density at radius 3 is 0.829 bits per heavy atom. The summed E-state index contributed by atoms with van der Waals surface area (Å²) < 4.78 is 16.9. The Balaban J connectivity index is 4.49. The third kappa shape index (κ3) is 60.9. The molecule has 1 atom stereocenters. The number of hydrogen-bond acceptors (Lipinski definition) is 6. The van der Waals surface area contributed by atoms with Crippen LogP contribution in [0.1, 0.15) is 297 Å². The quantitative estimate of drug-likeness (QED) is 0.0261. The minimum Gasteiger partial charge on any atom is -0.462 e. The van der Waals surface area contributed by atoms with Gasteiger partial charge in [-0.3, -0.25) is 14.4 Å². The fourth-order valence-corrected chi connectivity index (χ4v) is 8.75. The number of carbonyl (C=O) groups is 3. The van der Waals surface area contributed by atoms with Crippen molar-refractivity contribution in [2.45, 2.75) is 303 Å². The second kappa shape index (κ2) is 63.6. The number of esters is 3. The fraction of sp³-hybridized carbons (Fsp3) is 0.700. The molecular formula is C70H118O6. The second-order valence-electron chi connectivity index (χ2n) is 20.9. The molecule has 434 valence electrons. The molecule has 0 N–H and O–H groups in total. The van der Waals surface area contributed by atoms with Crippen LogP contribution in [0.15, 0.2) is 109 Å². The van der Waals surface area contributed by atoms with Gasteiger partial charge in [0.15, 0.2) is 6.10 Å². The van der Waals surface area contributed by atoms with Crippen LogP contribution in [-0.2, 0) is 28.6 Å². The minimum atomic E-state index is -0.805. The average molecular weight is 1060 g/mol. The van der Waals surface area contributed by atoms with Gasteiger partial charge in [0, 0.05) is 19.3 Å². The van der Waals surface area contributed by atoms with Crippen molar-refractivity contribution in [2.75, 3.05) is 13.2 Å². The number of hydrogen-bond donors (Lipinski definition) is 0. The van der Waals surface area contributed by atoms with Crippen molar-refractivity contribution >= 4 is 17.9 Å². The predicted molar refractivity (Wildman–Crippen MR) is 330 cm³/mol. The molecule has 0 radical (unpaired) electrons. The monoisotopic (exact) mass is 1050 g/mol. The van der Waals surface area contributed by atoms with E-state index in [2.05, 4.69) is 130 Å². The topological polar surface area (TPSA) is 78.9 Å². The molecule has 6 heteroatoms. The molecule has 6 nitrogen and oxygen atoms in total. The van der Waals surface area contributed by atoms with E-state index in [1.54, 1.807) is 0 Å². The Kier molecular flexibility index (Phi) is 60.3. The number of ether oxygens (including phenoxy) is 3. The Morgan fingerprint density at radius 1 is 0.276 bits per heavy atom. The van der Waals surface area contributed by atoms with Gasteiger partial charge in [0.1, 0.15) is 13.2 Å². The van der Waals surface area contributed by atoms with Gasteiger partial charge in [-0.1, -0.05) is 278 Å². The van der Waals surface area contributed by atoms with Gasteiger partial charge in [-0.05, 0) is 109 Å². The van der Waals surface area contributed by atoms with E-state index < -0.39 is 6.10 Å². The molecule has 1 unspecified atom stereocenters. The van der Waals surface area contributed by atoms with Crippen molar-refractivity contribution in [3.8, 4) is 0 Å². The van der Waals surface area contributed by atoms with Crippen molar-refractivity contribution in [1.82, 2.24) is 0 Å². The molecule has 0 spiro atoms. The standard InChI is InChI=1S/C70H118O6/c1-4-7-10-13-16-19-22-25-28-31-33-35-37-39-42-45-48-51-54-57-60-63-69(72)75-66-67(65-74-68(71)62-59-56-53-50-47-44-41-30-27-24-21-18-15-12-9-6-3)76-70(73)64-61-58-55-52-49-46-43-40-38-36-34-32-29-26-23-20-17-14-11-8-5-2/h7,10,16,19,23,25-26,28,32-35,38-40,42,48,51,67H,4-6,8-9,11-15,17-18,20-22,24,27,29-31,36-37,41,43-47,49-50,52-66H2,1-3H3/b10-7-,19-16-,26-23-,28-25-,34-32-,35-33-,40-38-,42-39-,51-48-. The second-order valence-corrected chi connectivity index (χ2v) is 20.9. The molecule has 76 heavy (non-hydrogen) atoms. The van der Waals surface area contributed by atoms with Crippen molar-refractivity contribution in [2.24, 2.45) is 0 Å². The van der Waals surface area contributed by atoms with Crippen molar-refractivity contribution in [1.29, 1.82) is 0 Å². The Bertz CT molecular complexity index is 1540. The van der Waals surface area contributed by atoms with Gasteiger partial charge in [-0.15, -0.1) is 0 Å². The van der Waals surface area contributed by atoms with Crippen molar-refractivity contribution in [3.63, 3.8) is 0 Å². The summed E-state index contributed by atoms with van der Waals surface area (Å²) in [6, 6.07) is 0. The predicted octanol–water partition coefficient (Wildman–Crippen LogP) is 21.8. The van der Waals surface area contributed by atoms with Gasteiger partial charge in [0.25, 0.3) is 0 Å². The third-order valence-corrected chi connectivity index (χ3v) is 13.5. The van der Waals surface area contributed by atoms with Gasteiger partial charge in [0.05, 0.1) is 0 Å². The highest BCUT2D eigenvalue weighted by Crippen LogP contribution is 2.16. The van der Waals surface area contributed by atoms with Gasteiger partial charge >= 0.3 is 17.9 Å². The van der Waals surface area contributed by atoms with Crippen LogP contribution in [0.3, 0.4) is 0 Å². The smallest absolute Gasteiger partial charge is 0.306 e. The van der Waals surface area contributed by atoms with E-state index in [1.807, 2.05) is 0 Å². The summed E-state index contributed by atoms with van der Waals surface area (Å²) in [5.41, 5.74) is 0. The van der Waals surface area contributed by atoms with Crippen molar-refractivity contribution < 1.29 is 28.6 Å². The van der Waals surface area contributed by atoms with E-state index >= 15 is 0 Å². The first-order valence-electron chi connectivity index (χ1n) is 31.9. The van der Waals surface area contributed by atoms with E-state index in [0.29, 0.717) is 19.3 Å². The maximum Gasteiger partial charge on any atom is 0.306 e. The summed E-state index contributed by atoms with van der Waals surface area (Å²) in [7, 11) is 0. The molecule has 0 saturated heterocycles. The number of carbonyl (C=O) groups excluding carboxylic acids is 3. The summed E-state index contributed by atoms with van der Waals surface area (Å²) in [6.07, 6.45) is 86.6. The van der Waals surface area contributed by atoms with Crippen LogP contribution >= 0.6 is 0 Å². The largest absolute Gasteiger partial charge is 0.462 e. The first-order valence-corrected chi connectivity index (χ1v) is 31.9. The van der Waals surface area contributed by atoms with Crippen LogP contribution in [0.4, 0.5) is 0 Å². The van der Waals surface area contributed by atoms with Crippen LogP contribution in [0.2, 0.25) is 0 Å². The van der Waals surface area contributed by atoms with Crippen molar-refractivity contribution in [3.05, 3.63) is 109 Å². The maximum absolute atomic E-state index is 12.9. The average Bonchev–Trinajstić information content (AvgIpc) is 3.42. The third-order valence-electron chi connectivity index (χ3n) is 13.5. The van der Waals surface area contributed by atoms with Gasteiger partial charge in [-0.2, -0.15) is 0 Å².